The van der Waals surface area contributed by atoms with Gasteiger partial charge < -0.3 is 20.1 Å². The molecule has 6 nitrogen and oxygen atoms in total. The Morgan fingerprint density at radius 2 is 2.14 bits per heavy atom. The van der Waals surface area contributed by atoms with E-state index in [1.54, 1.807) is 11.3 Å². The van der Waals surface area contributed by atoms with Crippen molar-refractivity contribution in [2.75, 3.05) is 32.8 Å². The molecule has 3 saturated heterocycles. The lowest BCUT2D eigenvalue weighted by Crippen LogP contribution is -2.52. The van der Waals surface area contributed by atoms with Gasteiger partial charge >= 0.3 is 0 Å². The number of likely N-dealkylation sites (tertiary alicyclic amines) is 1. The van der Waals surface area contributed by atoms with E-state index >= 15 is 0 Å². The standard InChI is InChI=1S/C20H23N3O3S.2ClH/c24-9-15-16-8-23(12-20(16)11-21-7-17(15)26-20)18(25)6-14-10-27-19(22-14)13-4-2-1-3-5-13;;/h1-5,10,15-17,21,24H,6-9,11-12H2;2*1H/t15-,16+,17+,20+;;/m0../s1. The number of ether oxygens (including phenoxy) is 1. The quantitative estimate of drug-likeness (QED) is 0.734. The van der Waals surface area contributed by atoms with Crippen LogP contribution in [0.3, 0.4) is 0 Å². The molecule has 2 bridgehead atoms. The molecule has 3 fully saturated rings. The van der Waals surface area contributed by atoms with Crippen LogP contribution in [0.5, 0.6) is 0 Å². The Balaban J connectivity index is 0.00000120. The van der Waals surface area contributed by atoms with Crippen LogP contribution in [-0.2, 0) is 16.0 Å². The van der Waals surface area contributed by atoms with Crippen molar-refractivity contribution in [2.24, 2.45) is 11.8 Å². The highest BCUT2D eigenvalue weighted by Gasteiger charge is 2.61. The first-order chi connectivity index (χ1) is 13.2. The van der Waals surface area contributed by atoms with Gasteiger partial charge in [-0.05, 0) is 0 Å². The average molecular weight is 458 g/mol. The molecule has 2 N–H and O–H groups in total. The Bertz CT molecular complexity index is 853. The number of hydrogen-bond acceptors (Lipinski definition) is 6. The largest absolute Gasteiger partial charge is 0.396 e. The summed E-state index contributed by atoms with van der Waals surface area (Å²) < 4.78 is 6.27. The van der Waals surface area contributed by atoms with Crippen molar-refractivity contribution in [3.8, 4) is 10.6 Å². The molecule has 4 heterocycles. The molecule has 1 aromatic carbocycles. The van der Waals surface area contributed by atoms with Crippen molar-refractivity contribution in [1.82, 2.24) is 15.2 Å². The molecule has 2 aromatic rings. The van der Waals surface area contributed by atoms with Crippen LogP contribution in [0, 0.1) is 11.8 Å². The zero-order valence-corrected chi connectivity index (χ0v) is 18.3. The van der Waals surface area contributed by atoms with Gasteiger partial charge in [0.25, 0.3) is 0 Å². The third-order valence-electron chi connectivity index (χ3n) is 6.17. The Morgan fingerprint density at radius 3 is 2.90 bits per heavy atom. The first-order valence-corrected chi connectivity index (χ1v) is 10.3. The summed E-state index contributed by atoms with van der Waals surface area (Å²) in [7, 11) is 0. The second-order valence-electron chi connectivity index (χ2n) is 7.77. The molecule has 3 aliphatic heterocycles. The predicted molar refractivity (Wildman–Crippen MR) is 117 cm³/mol. The average Bonchev–Trinajstić information content (AvgIpc) is 3.33. The minimum Gasteiger partial charge on any atom is -0.396 e. The van der Waals surface area contributed by atoms with Gasteiger partial charge in [-0.1, -0.05) is 30.3 Å². The Hall–Kier alpha value is -1.22. The zero-order chi connectivity index (χ0) is 18.4. The number of nitrogens with one attached hydrogen (secondary N) is 1. The van der Waals surface area contributed by atoms with Crippen molar-refractivity contribution in [2.45, 2.75) is 18.1 Å². The van der Waals surface area contributed by atoms with Crippen LogP contribution in [0.1, 0.15) is 5.69 Å². The van der Waals surface area contributed by atoms with E-state index in [0.29, 0.717) is 19.5 Å². The van der Waals surface area contributed by atoms with Gasteiger partial charge in [-0.2, -0.15) is 0 Å². The third kappa shape index (κ3) is 3.92. The molecular weight excluding hydrogens is 433 g/mol. The van der Waals surface area contributed by atoms with Gasteiger partial charge in [0, 0.05) is 49.0 Å². The fourth-order valence-electron chi connectivity index (χ4n) is 4.86. The van der Waals surface area contributed by atoms with Crippen LogP contribution in [0.25, 0.3) is 10.6 Å². The fraction of sp³-hybridized carbons (Fsp3) is 0.500. The van der Waals surface area contributed by atoms with Crippen LogP contribution in [0.2, 0.25) is 0 Å². The Labute approximate surface area is 186 Å². The Morgan fingerprint density at radius 1 is 1.34 bits per heavy atom. The monoisotopic (exact) mass is 457 g/mol. The second kappa shape index (κ2) is 8.88. The first kappa shape index (κ1) is 22.5. The molecule has 1 amide bonds. The summed E-state index contributed by atoms with van der Waals surface area (Å²) in [6, 6.07) is 10.0. The number of thiazole rings is 1. The maximum atomic E-state index is 12.9. The minimum absolute atomic E-state index is 0. The van der Waals surface area contributed by atoms with Crippen molar-refractivity contribution in [3.63, 3.8) is 0 Å². The Kier molecular flexibility index (Phi) is 6.88. The van der Waals surface area contributed by atoms with Crippen molar-refractivity contribution in [3.05, 3.63) is 41.4 Å². The number of nitrogens with zero attached hydrogens (tertiary/aromatic N) is 2. The summed E-state index contributed by atoms with van der Waals surface area (Å²) in [5.41, 5.74) is 1.57. The number of fused-ring (bicyclic) bond motifs is 1. The summed E-state index contributed by atoms with van der Waals surface area (Å²) in [4.78, 5) is 19.4. The number of aromatic nitrogens is 1. The zero-order valence-electron chi connectivity index (χ0n) is 15.8. The number of carbonyl (C=O) groups is 1. The molecule has 29 heavy (non-hydrogen) atoms. The number of benzene rings is 1. The van der Waals surface area contributed by atoms with E-state index in [4.69, 9.17) is 4.74 Å². The molecule has 0 saturated carbocycles. The maximum absolute atomic E-state index is 12.9. The van der Waals surface area contributed by atoms with Crippen LogP contribution < -0.4 is 5.32 Å². The molecule has 0 radical (unpaired) electrons. The number of hydrogen-bond donors (Lipinski definition) is 2. The number of rotatable bonds is 4. The van der Waals surface area contributed by atoms with Crippen LogP contribution in [-0.4, -0.2) is 65.4 Å². The topological polar surface area (TPSA) is 74.7 Å². The van der Waals surface area contributed by atoms with E-state index in [9.17, 15) is 9.90 Å². The molecule has 5 rings (SSSR count). The molecule has 9 heteroatoms. The maximum Gasteiger partial charge on any atom is 0.228 e. The van der Waals surface area contributed by atoms with Crippen molar-refractivity contribution >= 4 is 42.1 Å². The van der Waals surface area contributed by atoms with Crippen LogP contribution in [0.4, 0.5) is 0 Å². The number of carbonyl (C=O) groups excluding carboxylic acids is 1. The molecule has 1 spiro atoms. The van der Waals surface area contributed by atoms with E-state index in [1.807, 2.05) is 40.6 Å². The molecular formula is C20H25Cl2N3O3S. The van der Waals surface area contributed by atoms with E-state index < -0.39 is 0 Å². The summed E-state index contributed by atoms with van der Waals surface area (Å²) in [5, 5.41) is 16.1. The number of halogens is 2. The summed E-state index contributed by atoms with van der Waals surface area (Å²) >= 11 is 1.57. The van der Waals surface area contributed by atoms with E-state index in [1.165, 1.54) is 0 Å². The van der Waals surface area contributed by atoms with Gasteiger partial charge in [-0.25, -0.2) is 4.98 Å². The number of aliphatic hydroxyl groups excluding tert-OH is 1. The van der Waals surface area contributed by atoms with Crippen LogP contribution in [0.15, 0.2) is 35.7 Å². The van der Waals surface area contributed by atoms with E-state index in [2.05, 4.69) is 10.3 Å². The molecule has 3 aliphatic rings. The lowest BCUT2D eigenvalue weighted by Gasteiger charge is -2.33. The fourth-order valence-corrected chi connectivity index (χ4v) is 5.68. The van der Waals surface area contributed by atoms with E-state index in [-0.39, 0.29) is 60.9 Å². The van der Waals surface area contributed by atoms with Gasteiger partial charge in [-0.3, -0.25) is 4.79 Å². The number of amides is 1. The highest BCUT2D eigenvalue weighted by molar-refractivity contribution is 7.13. The van der Waals surface area contributed by atoms with Crippen molar-refractivity contribution in [1.29, 1.82) is 0 Å². The molecule has 158 valence electrons. The molecule has 0 aliphatic carbocycles. The number of morpholine rings is 1. The lowest BCUT2D eigenvalue weighted by atomic mass is 9.83. The lowest BCUT2D eigenvalue weighted by molar-refractivity contribution is -0.133. The normalized spacial score (nSPS) is 29.7. The molecule has 4 atom stereocenters. The summed E-state index contributed by atoms with van der Waals surface area (Å²) in [6.07, 6.45) is 0.380. The third-order valence-corrected chi connectivity index (χ3v) is 7.11. The van der Waals surface area contributed by atoms with Gasteiger partial charge in [-0.15, -0.1) is 36.2 Å². The predicted octanol–water partition coefficient (Wildman–Crippen LogP) is 2.00. The van der Waals surface area contributed by atoms with Gasteiger partial charge in [0.15, 0.2) is 0 Å². The first-order valence-electron chi connectivity index (χ1n) is 9.45. The summed E-state index contributed by atoms with van der Waals surface area (Å²) in [6.45, 7) is 2.93. The van der Waals surface area contributed by atoms with Gasteiger partial charge in [0.1, 0.15) is 10.6 Å². The van der Waals surface area contributed by atoms with Gasteiger partial charge in [0.2, 0.25) is 5.91 Å². The SMILES string of the molecule is Cl.Cl.O=C(Cc1csc(-c2ccccc2)n1)N1C[C@@H]2[C@H](CO)[C@H]3CNC[C@]2(C1)O3. The molecule has 0 unspecified atom stereocenters. The smallest absolute Gasteiger partial charge is 0.228 e. The van der Waals surface area contributed by atoms with Crippen molar-refractivity contribution < 1.29 is 14.6 Å². The highest BCUT2D eigenvalue weighted by atomic mass is 35.5. The number of aliphatic hydroxyl groups is 1. The second-order valence-corrected chi connectivity index (χ2v) is 8.62. The highest BCUT2D eigenvalue weighted by Crippen LogP contribution is 2.47. The summed E-state index contributed by atoms with van der Waals surface area (Å²) in [5.74, 6) is 0.412. The van der Waals surface area contributed by atoms with Gasteiger partial charge in [0.05, 0.1) is 24.8 Å². The molecule has 1 aromatic heterocycles. The van der Waals surface area contributed by atoms with Crippen LogP contribution >= 0.6 is 36.2 Å². The minimum atomic E-state index is -0.330. The van der Waals surface area contributed by atoms with E-state index in [0.717, 1.165) is 29.4 Å².